The molecule has 328 valence electrons. The van der Waals surface area contributed by atoms with Gasteiger partial charge < -0.3 is 29.5 Å². The number of allylic oxidation sites excluding steroid dienone is 1. The number of hydrogen-bond acceptors (Lipinski definition) is 10. The van der Waals surface area contributed by atoms with Crippen LogP contribution in [0.5, 0.6) is 17.4 Å². The average molecular weight is 864 g/mol. The number of carbonyl (C=O) groups excluding carboxylic acids is 3. The highest BCUT2D eigenvalue weighted by Crippen LogP contribution is 2.48. The molecule has 15 nitrogen and oxygen atoms in total. The SMILES string of the molecule is CC[C@@H]1C[C@H](C)CC/C=C\[C@@H]2C[C@@]2(C(=O)NS(=O)(=O)C2(C)CC2)NC(=O)[C@@H]2C[C@@H](Oc3nccc4c5c(ccc34)OCCO5)CN2C(=O)[C@H]1N(C(=O)O)C(C)(C)C(F)(F)F. The molecule has 1 aromatic carbocycles. The van der Waals surface area contributed by atoms with Crippen molar-refractivity contribution in [3.05, 3.63) is 36.5 Å². The molecule has 4 amide bonds. The van der Waals surface area contributed by atoms with E-state index in [0.29, 0.717) is 75.0 Å². The Bertz CT molecular complexity index is 2200. The fourth-order valence-corrected chi connectivity index (χ4v) is 10.1. The Morgan fingerprint density at radius 1 is 1.12 bits per heavy atom. The summed E-state index contributed by atoms with van der Waals surface area (Å²) in [6, 6.07) is 1.73. The van der Waals surface area contributed by atoms with Gasteiger partial charge in [0, 0.05) is 29.3 Å². The number of carbonyl (C=O) groups is 4. The van der Waals surface area contributed by atoms with Gasteiger partial charge in [0.05, 0.1) is 11.3 Å². The molecular formula is C41H52F3N5O10S. The number of sulfonamides is 1. The number of benzene rings is 1. The number of ether oxygens (including phenoxy) is 3. The maximum Gasteiger partial charge on any atom is 0.411 e. The van der Waals surface area contributed by atoms with Gasteiger partial charge in [-0.1, -0.05) is 32.4 Å². The second-order valence-electron chi connectivity index (χ2n) is 17.6. The first kappa shape index (κ1) is 43.3. The highest BCUT2D eigenvalue weighted by atomic mass is 32.2. The summed E-state index contributed by atoms with van der Waals surface area (Å²) in [5.74, 6) is -3.47. The van der Waals surface area contributed by atoms with Crippen LogP contribution in [0.25, 0.3) is 10.8 Å². The van der Waals surface area contributed by atoms with Crippen molar-refractivity contribution in [2.24, 2.45) is 17.8 Å². The minimum Gasteiger partial charge on any atom is -0.486 e. The quantitative estimate of drug-likeness (QED) is 0.291. The number of nitrogens with zero attached hydrogens (tertiary/aromatic N) is 3. The van der Waals surface area contributed by atoms with Crippen molar-refractivity contribution in [2.75, 3.05) is 19.8 Å². The van der Waals surface area contributed by atoms with Crippen molar-refractivity contribution >= 4 is 44.6 Å². The van der Waals surface area contributed by atoms with Gasteiger partial charge in [0.15, 0.2) is 11.5 Å². The van der Waals surface area contributed by atoms with Gasteiger partial charge in [-0.15, -0.1) is 0 Å². The zero-order valence-electron chi connectivity index (χ0n) is 34.2. The number of fused-ring (bicyclic) bond motifs is 5. The van der Waals surface area contributed by atoms with E-state index >= 15 is 4.79 Å². The van der Waals surface area contributed by atoms with E-state index in [-0.39, 0.29) is 48.9 Å². The predicted octanol–water partition coefficient (Wildman–Crippen LogP) is 5.32. The van der Waals surface area contributed by atoms with Crippen LogP contribution < -0.4 is 24.2 Å². The van der Waals surface area contributed by atoms with E-state index in [2.05, 4.69) is 15.0 Å². The molecule has 0 radical (unpaired) electrons. The van der Waals surface area contributed by atoms with Crippen LogP contribution in [0.1, 0.15) is 86.0 Å². The van der Waals surface area contributed by atoms with E-state index < -0.39 is 85.9 Å². The van der Waals surface area contributed by atoms with E-state index in [1.54, 1.807) is 31.2 Å². The van der Waals surface area contributed by atoms with Gasteiger partial charge in [-0.2, -0.15) is 13.2 Å². The van der Waals surface area contributed by atoms with Crippen LogP contribution in [0.3, 0.4) is 0 Å². The number of rotatable bonds is 8. The lowest BCUT2D eigenvalue weighted by atomic mass is 9.82. The number of hydrogen-bond donors (Lipinski definition) is 3. The van der Waals surface area contributed by atoms with Crippen molar-refractivity contribution in [2.45, 2.75) is 126 Å². The van der Waals surface area contributed by atoms with E-state index in [1.807, 2.05) is 13.0 Å². The van der Waals surface area contributed by atoms with E-state index in [4.69, 9.17) is 14.2 Å². The second-order valence-corrected chi connectivity index (χ2v) is 19.8. The summed E-state index contributed by atoms with van der Waals surface area (Å²) in [7, 11) is -4.13. The maximum absolute atomic E-state index is 15.2. The molecule has 3 fully saturated rings. The fourth-order valence-electron chi connectivity index (χ4n) is 8.76. The molecule has 7 rings (SSSR count). The Hall–Kier alpha value is -4.81. The van der Waals surface area contributed by atoms with Gasteiger partial charge in [0.1, 0.15) is 42.5 Å². The Morgan fingerprint density at radius 2 is 1.83 bits per heavy atom. The zero-order chi connectivity index (χ0) is 43.6. The van der Waals surface area contributed by atoms with Crippen LogP contribution in [0.15, 0.2) is 36.5 Å². The number of halogens is 3. The molecule has 0 spiro atoms. The number of nitrogens with one attached hydrogen (secondary N) is 2. The van der Waals surface area contributed by atoms with Gasteiger partial charge in [0.2, 0.25) is 27.7 Å². The van der Waals surface area contributed by atoms with Gasteiger partial charge in [-0.3, -0.25) is 24.0 Å². The molecule has 0 unspecified atom stereocenters. The van der Waals surface area contributed by atoms with E-state index in [1.165, 1.54) is 13.1 Å². The van der Waals surface area contributed by atoms with Crippen LogP contribution in [0, 0.1) is 17.8 Å². The molecule has 3 N–H and O–H groups in total. The Balaban J connectivity index is 1.30. The first-order chi connectivity index (χ1) is 28.1. The fraction of sp³-hybridized carbons (Fsp3) is 0.634. The molecule has 3 aliphatic heterocycles. The zero-order valence-corrected chi connectivity index (χ0v) is 35.0. The Kier molecular flexibility index (Phi) is 11.2. The molecule has 1 aromatic heterocycles. The van der Waals surface area contributed by atoms with E-state index in [9.17, 15) is 41.1 Å². The van der Waals surface area contributed by atoms with Crippen molar-refractivity contribution in [3.63, 3.8) is 0 Å². The van der Waals surface area contributed by atoms with Gasteiger partial charge >= 0.3 is 12.3 Å². The normalized spacial score (nSPS) is 29.8. The van der Waals surface area contributed by atoms with Gasteiger partial charge in [-0.25, -0.2) is 18.2 Å². The third kappa shape index (κ3) is 7.81. The Morgan fingerprint density at radius 3 is 2.50 bits per heavy atom. The molecule has 4 heterocycles. The summed E-state index contributed by atoms with van der Waals surface area (Å²) in [5.41, 5.74) is -4.76. The second kappa shape index (κ2) is 15.6. The Labute approximate surface area is 346 Å². The van der Waals surface area contributed by atoms with Crippen molar-refractivity contribution in [1.29, 1.82) is 0 Å². The molecule has 7 atom stereocenters. The summed E-state index contributed by atoms with van der Waals surface area (Å²) >= 11 is 0. The number of amides is 4. The standard InChI is InChI=1S/C41H52F3N5O10S/c1-6-24-19-23(2)9-7-8-10-25-21-40(25,36(52)47-60(55,56)39(5)14-15-39)46-33(50)29-20-26(22-48(29)35(51)31(24)49(37(53)54)38(3,4)41(42,43)44)59-34-28-11-12-30-32(58-18-17-57-30)27(28)13-16-45-34/h8,10-13,16,23-26,29,31H,6-7,9,14-15,17-22H2,1-5H3,(H,46,50)(H,47,52)(H,53,54)/b10-8-/t23-,24-,25-,26-,29+,31+,40-/m1/s1. The smallest absolute Gasteiger partial charge is 0.411 e. The van der Waals surface area contributed by atoms with Gasteiger partial charge in [-0.05, 0) is 89.3 Å². The van der Waals surface area contributed by atoms with Crippen LogP contribution >= 0.6 is 0 Å². The predicted molar refractivity (Wildman–Crippen MR) is 211 cm³/mol. The first-order valence-electron chi connectivity index (χ1n) is 20.4. The molecule has 5 aliphatic rings. The van der Waals surface area contributed by atoms with Crippen molar-refractivity contribution in [1.82, 2.24) is 24.8 Å². The third-order valence-electron chi connectivity index (χ3n) is 13.0. The molecule has 2 aliphatic carbocycles. The van der Waals surface area contributed by atoms with Crippen molar-refractivity contribution in [3.8, 4) is 17.4 Å². The van der Waals surface area contributed by atoms with E-state index in [0.717, 1.165) is 4.90 Å². The lowest BCUT2D eigenvalue weighted by molar-refractivity contribution is -0.222. The molecule has 2 aromatic rings. The maximum atomic E-state index is 15.2. The third-order valence-corrected chi connectivity index (χ3v) is 15.2. The largest absolute Gasteiger partial charge is 0.486 e. The lowest BCUT2D eigenvalue weighted by Gasteiger charge is -2.46. The topological polar surface area (TPSA) is 194 Å². The van der Waals surface area contributed by atoms with Crippen LogP contribution in [-0.4, -0.2) is 112 Å². The minimum absolute atomic E-state index is 0.0482. The summed E-state index contributed by atoms with van der Waals surface area (Å²) < 4.78 is 90.0. The van der Waals surface area contributed by atoms with Crippen LogP contribution in [0.4, 0.5) is 18.0 Å². The van der Waals surface area contributed by atoms with Gasteiger partial charge in [0.25, 0.3) is 5.91 Å². The minimum atomic E-state index is -5.10. The monoisotopic (exact) mass is 863 g/mol. The summed E-state index contributed by atoms with van der Waals surface area (Å²) in [6.07, 6.45) is -1.21. The average Bonchev–Trinajstić information content (AvgIpc) is 4.06. The molecule has 0 bridgehead atoms. The first-order valence-corrected chi connectivity index (χ1v) is 21.9. The molecular weight excluding hydrogens is 812 g/mol. The van der Waals surface area contributed by atoms with Crippen molar-refractivity contribution < 1.29 is 60.1 Å². The summed E-state index contributed by atoms with van der Waals surface area (Å²) in [5, 5.41) is 14.4. The highest BCUT2D eigenvalue weighted by Gasteiger charge is 2.64. The summed E-state index contributed by atoms with van der Waals surface area (Å²) in [6.45, 7) is 6.77. The number of carboxylic acid groups (broad SMARTS) is 1. The summed E-state index contributed by atoms with van der Waals surface area (Å²) in [4.78, 5) is 62.5. The van der Waals surface area contributed by atoms with Crippen LogP contribution in [-0.2, 0) is 24.4 Å². The van der Waals surface area contributed by atoms with Crippen LogP contribution in [0.2, 0.25) is 0 Å². The molecule has 2 saturated carbocycles. The molecule has 60 heavy (non-hydrogen) atoms. The number of alkyl halides is 3. The number of pyridine rings is 1. The number of aromatic nitrogens is 1. The lowest BCUT2D eigenvalue weighted by Crippen LogP contribution is -2.66. The molecule has 1 saturated heterocycles. The highest BCUT2D eigenvalue weighted by molar-refractivity contribution is 7.91. The molecule has 19 heteroatoms.